The summed E-state index contributed by atoms with van der Waals surface area (Å²) in [5.41, 5.74) is 8.98. The fourth-order valence-corrected chi connectivity index (χ4v) is 2.64. The highest BCUT2D eigenvalue weighted by Crippen LogP contribution is 2.25. The van der Waals surface area contributed by atoms with Crippen molar-refractivity contribution in [3.05, 3.63) is 44.9 Å². The standard InChI is InChI=1S/C13H16ClN3S/c1-9-16-12(8-18-9)7-17(2)13-5-11(14)4-3-10(13)6-15/h3-5,8H,6-7,15H2,1-2H3. The molecule has 5 heteroatoms. The summed E-state index contributed by atoms with van der Waals surface area (Å²) in [6.45, 7) is 3.28. The van der Waals surface area contributed by atoms with Gasteiger partial charge in [-0.1, -0.05) is 17.7 Å². The minimum absolute atomic E-state index is 0.507. The molecule has 0 atom stereocenters. The summed E-state index contributed by atoms with van der Waals surface area (Å²) in [6, 6.07) is 5.79. The lowest BCUT2D eigenvalue weighted by molar-refractivity contribution is 0.877. The Morgan fingerprint density at radius 1 is 1.44 bits per heavy atom. The van der Waals surface area contributed by atoms with Crippen molar-refractivity contribution in [3.63, 3.8) is 0 Å². The normalized spacial score (nSPS) is 10.7. The van der Waals surface area contributed by atoms with Gasteiger partial charge in [0.15, 0.2) is 0 Å². The first-order chi connectivity index (χ1) is 8.60. The molecule has 1 aromatic heterocycles. The minimum Gasteiger partial charge on any atom is -0.368 e. The van der Waals surface area contributed by atoms with Crippen LogP contribution in [-0.4, -0.2) is 12.0 Å². The third-order valence-corrected chi connectivity index (χ3v) is 3.80. The van der Waals surface area contributed by atoms with E-state index >= 15 is 0 Å². The Morgan fingerprint density at radius 3 is 2.83 bits per heavy atom. The number of thiazole rings is 1. The largest absolute Gasteiger partial charge is 0.368 e. The van der Waals surface area contributed by atoms with Crippen molar-refractivity contribution in [2.75, 3.05) is 11.9 Å². The number of halogens is 1. The molecule has 0 aliphatic rings. The molecule has 1 aromatic carbocycles. The Labute approximate surface area is 116 Å². The number of nitrogens with two attached hydrogens (primary N) is 1. The maximum Gasteiger partial charge on any atom is 0.0898 e. The van der Waals surface area contributed by atoms with Gasteiger partial charge in [0.25, 0.3) is 0 Å². The van der Waals surface area contributed by atoms with Crippen LogP contribution in [0.1, 0.15) is 16.3 Å². The van der Waals surface area contributed by atoms with E-state index in [2.05, 4.69) is 15.3 Å². The van der Waals surface area contributed by atoms with Gasteiger partial charge >= 0.3 is 0 Å². The fraction of sp³-hybridized carbons (Fsp3) is 0.308. The second-order valence-electron chi connectivity index (χ2n) is 4.19. The molecule has 1 heterocycles. The molecule has 0 fully saturated rings. The molecule has 0 saturated carbocycles. The Balaban J connectivity index is 2.22. The molecular weight excluding hydrogens is 266 g/mol. The van der Waals surface area contributed by atoms with E-state index in [1.807, 2.05) is 32.2 Å². The lowest BCUT2D eigenvalue weighted by Crippen LogP contribution is -2.19. The zero-order valence-corrected chi connectivity index (χ0v) is 12.1. The number of hydrogen-bond donors (Lipinski definition) is 1. The van der Waals surface area contributed by atoms with Gasteiger partial charge in [-0.15, -0.1) is 11.3 Å². The quantitative estimate of drug-likeness (QED) is 0.936. The highest BCUT2D eigenvalue weighted by atomic mass is 35.5. The Kier molecular flexibility index (Phi) is 4.22. The van der Waals surface area contributed by atoms with E-state index < -0.39 is 0 Å². The molecule has 0 amide bonds. The molecule has 3 nitrogen and oxygen atoms in total. The zero-order valence-electron chi connectivity index (χ0n) is 10.5. The summed E-state index contributed by atoms with van der Waals surface area (Å²) in [5, 5.41) is 3.89. The van der Waals surface area contributed by atoms with Crippen molar-refractivity contribution in [2.24, 2.45) is 5.73 Å². The predicted octanol–water partition coefficient (Wildman–Crippen LogP) is 3.20. The molecule has 0 bridgehead atoms. The van der Waals surface area contributed by atoms with Gasteiger partial charge in [-0.2, -0.15) is 0 Å². The van der Waals surface area contributed by atoms with Gasteiger partial charge in [0.1, 0.15) is 0 Å². The zero-order chi connectivity index (χ0) is 13.1. The molecule has 0 saturated heterocycles. The lowest BCUT2D eigenvalue weighted by Gasteiger charge is -2.21. The second-order valence-corrected chi connectivity index (χ2v) is 5.69. The third-order valence-electron chi connectivity index (χ3n) is 2.74. The SMILES string of the molecule is Cc1nc(CN(C)c2cc(Cl)ccc2CN)cs1. The van der Waals surface area contributed by atoms with Gasteiger partial charge < -0.3 is 10.6 Å². The molecule has 0 aliphatic carbocycles. The van der Waals surface area contributed by atoms with E-state index in [4.69, 9.17) is 17.3 Å². The third kappa shape index (κ3) is 3.02. The first kappa shape index (κ1) is 13.3. The number of rotatable bonds is 4. The smallest absolute Gasteiger partial charge is 0.0898 e. The highest BCUT2D eigenvalue weighted by molar-refractivity contribution is 7.09. The summed E-state index contributed by atoms with van der Waals surface area (Å²) >= 11 is 7.71. The average Bonchev–Trinajstić information content (AvgIpc) is 2.74. The summed E-state index contributed by atoms with van der Waals surface area (Å²) < 4.78 is 0. The number of benzene rings is 1. The van der Waals surface area contributed by atoms with E-state index in [-0.39, 0.29) is 0 Å². The van der Waals surface area contributed by atoms with Crippen LogP contribution >= 0.6 is 22.9 Å². The van der Waals surface area contributed by atoms with Gasteiger partial charge in [0.05, 0.1) is 17.2 Å². The molecule has 0 aliphatic heterocycles. The molecule has 0 spiro atoms. The number of anilines is 1. The van der Waals surface area contributed by atoms with Crippen LogP contribution in [0.5, 0.6) is 0 Å². The molecule has 96 valence electrons. The van der Waals surface area contributed by atoms with E-state index in [1.165, 1.54) is 0 Å². The van der Waals surface area contributed by atoms with Crippen LogP contribution in [0.2, 0.25) is 5.02 Å². The van der Waals surface area contributed by atoms with Gasteiger partial charge in [-0.25, -0.2) is 4.98 Å². The molecule has 2 rings (SSSR count). The molecule has 18 heavy (non-hydrogen) atoms. The maximum absolute atomic E-state index is 6.04. The van der Waals surface area contributed by atoms with Crippen molar-refractivity contribution in [2.45, 2.75) is 20.0 Å². The van der Waals surface area contributed by atoms with Crippen LogP contribution in [0.4, 0.5) is 5.69 Å². The van der Waals surface area contributed by atoms with Crippen molar-refractivity contribution >= 4 is 28.6 Å². The number of aromatic nitrogens is 1. The summed E-state index contributed by atoms with van der Waals surface area (Å²) in [7, 11) is 2.03. The highest BCUT2D eigenvalue weighted by Gasteiger charge is 2.09. The average molecular weight is 282 g/mol. The Bertz CT molecular complexity index is 539. The molecule has 0 radical (unpaired) electrons. The number of nitrogens with zero attached hydrogens (tertiary/aromatic N) is 2. The van der Waals surface area contributed by atoms with Crippen LogP contribution in [0.15, 0.2) is 23.6 Å². The fourth-order valence-electron chi connectivity index (χ4n) is 1.87. The Hall–Kier alpha value is -1.10. The van der Waals surface area contributed by atoms with Crippen molar-refractivity contribution in [1.29, 1.82) is 0 Å². The van der Waals surface area contributed by atoms with Crippen LogP contribution < -0.4 is 10.6 Å². The molecule has 0 unspecified atom stereocenters. The van der Waals surface area contributed by atoms with E-state index in [0.717, 1.165) is 33.5 Å². The van der Waals surface area contributed by atoms with Crippen LogP contribution in [0.3, 0.4) is 0 Å². The van der Waals surface area contributed by atoms with Crippen molar-refractivity contribution in [1.82, 2.24) is 4.98 Å². The van der Waals surface area contributed by atoms with Gasteiger partial charge in [-0.05, 0) is 24.6 Å². The number of hydrogen-bond acceptors (Lipinski definition) is 4. The first-order valence-corrected chi connectivity index (χ1v) is 6.96. The maximum atomic E-state index is 6.04. The van der Waals surface area contributed by atoms with Crippen LogP contribution in [0.25, 0.3) is 0 Å². The first-order valence-electron chi connectivity index (χ1n) is 5.71. The van der Waals surface area contributed by atoms with Gasteiger partial charge in [0, 0.05) is 29.7 Å². The van der Waals surface area contributed by atoms with Crippen molar-refractivity contribution < 1.29 is 0 Å². The van der Waals surface area contributed by atoms with Crippen molar-refractivity contribution in [3.8, 4) is 0 Å². The lowest BCUT2D eigenvalue weighted by atomic mass is 10.1. The Morgan fingerprint density at radius 2 is 2.22 bits per heavy atom. The molecule has 2 aromatic rings. The number of aryl methyl sites for hydroxylation is 1. The summed E-state index contributed by atoms with van der Waals surface area (Å²) in [4.78, 5) is 6.59. The topological polar surface area (TPSA) is 42.2 Å². The van der Waals surface area contributed by atoms with Crippen LogP contribution in [0, 0.1) is 6.92 Å². The monoisotopic (exact) mass is 281 g/mol. The predicted molar refractivity (Wildman–Crippen MR) is 78.3 cm³/mol. The summed E-state index contributed by atoms with van der Waals surface area (Å²) in [5.74, 6) is 0. The molecular formula is C13H16ClN3S. The van der Waals surface area contributed by atoms with E-state index in [0.29, 0.717) is 6.54 Å². The van der Waals surface area contributed by atoms with E-state index in [1.54, 1.807) is 11.3 Å². The minimum atomic E-state index is 0.507. The van der Waals surface area contributed by atoms with Crippen LogP contribution in [-0.2, 0) is 13.1 Å². The van der Waals surface area contributed by atoms with E-state index in [9.17, 15) is 0 Å². The summed E-state index contributed by atoms with van der Waals surface area (Å²) in [6.07, 6.45) is 0. The van der Waals surface area contributed by atoms with Gasteiger partial charge in [0.2, 0.25) is 0 Å². The second kappa shape index (κ2) is 5.69. The van der Waals surface area contributed by atoms with Gasteiger partial charge in [-0.3, -0.25) is 0 Å². The molecule has 2 N–H and O–H groups in total.